The van der Waals surface area contributed by atoms with Gasteiger partial charge in [-0.1, -0.05) is 18.2 Å². The Balaban J connectivity index is 2.24. The van der Waals surface area contributed by atoms with Crippen molar-refractivity contribution in [1.29, 1.82) is 0 Å². The Morgan fingerprint density at radius 3 is 2.23 bits per heavy atom. The van der Waals surface area contributed by atoms with Gasteiger partial charge >= 0.3 is 6.03 Å². The lowest BCUT2D eigenvalue weighted by Gasteiger charge is -2.36. The number of hydrogen-bond acceptors (Lipinski definition) is 3. The molecule has 0 unspecified atom stereocenters. The summed E-state index contributed by atoms with van der Waals surface area (Å²) in [5.41, 5.74) is 0. The van der Waals surface area contributed by atoms with Crippen LogP contribution < -0.4 is 0 Å². The highest BCUT2D eigenvalue weighted by atomic mass is 32.2. The van der Waals surface area contributed by atoms with Crippen molar-refractivity contribution in [3.8, 4) is 12.3 Å². The third kappa shape index (κ3) is 6.31. The number of rotatable bonds is 8. The lowest BCUT2D eigenvalue weighted by Crippen LogP contribution is -2.49. The van der Waals surface area contributed by atoms with E-state index in [4.69, 9.17) is 6.42 Å². The number of carbonyl (C=O) groups is 1. The van der Waals surface area contributed by atoms with Crippen LogP contribution in [0.1, 0.15) is 47.0 Å². The molecular weight excluding hydrogens is 396 g/mol. The standard InChI is InChI=1S/C23H36N4O2S/c1-6-7-8-12-15-25-16-18-26(19-17-25)30(29,22-13-10-9-11-14-22)24-23(28)27(20(2)3)21(4)5/h1,9-11,13-14,20-21H,7-8,12,15-19H2,2-5H3/t30-/m0/s1. The van der Waals surface area contributed by atoms with Gasteiger partial charge in [-0.25, -0.2) is 13.3 Å². The normalized spacial score (nSPS) is 17.5. The Kier molecular flexibility index (Phi) is 9.35. The van der Waals surface area contributed by atoms with Crippen LogP contribution in [0.5, 0.6) is 0 Å². The van der Waals surface area contributed by atoms with Gasteiger partial charge in [0.25, 0.3) is 0 Å². The Hall–Kier alpha value is -1.88. The lowest BCUT2D eigenvalue weighted by atomic mass is 10.2. The van der Waals surface area contributed by atoms with E-state index in [1.54, 1.807) is 17.0 Å². The van der Waals surface area contributed by atoms with Gasteiger partial charge in [0.05, 0.1) is 4.90 Å². The highest BCUT2D eigenvalue weighted by molar-refractivity contribution is 7.91. The largest absolute Gasteiger partial charge is 0.353 e. The highest BCUT2D eigenvalue weighted by Gasteiger charge is 2.30. The average molecular weight is 433 g/mol. The van der Waals surface area contributed by atoms with E-state index in [-0.39, 0.29) is 12.1 Å². The molecule has 0 aliphatic carbocycles. The van der Waals surface area contributed by atoms with Crippen molar-refractivity contribution in [2.45, 2.75) is 63.9 Å². The molecule has 0 N–H and O–H groups in total. The van der Waals surface area contributed by atoms with Crippen molar-refractivity contribution in [2.24, 2.45) is 4.36 Å². The minimum Gasteiger partial charge on any atom is -0.317 e. The molecule has 2 amide bonds. The zero-order chi connectivity index (χ0) is 22.1. The van der Waals surface area contributed by atoms with E-state index in [1.165, 1.54) is 0 Å². The fraction of sp³-hybridized carbons (Fsp3) is 0.609. The number of terminal acetylenes is 1. The molecule has 1 heterocycles. The van der Waals surface area contributed by atoms with Crippen LogP contribution in [0.15, 0.2) is 39.6 Å². The van der Waals surface area contributed by atoms with Crippen molar-refractivity contribution >= 4 is 15.9 Å². The third-order valence-electron chi connectivity index (χ3n) is 5.31. The molecule has 1 atom stereocenters. The first-order chi connectivity index (χ1) is 14.3. The smallest absolute Gasteiger partial charge is 0.317 e. The summed E-state index contributed by atoms with van der Waals surface area (Å²) in [7, 11) is -3.02. The fourth-order valence-electron chi connectivity index (χ4n) is 3.81. The summed E-state index contributed by atoms with van der Waals surface area (Å²) in [4.78, 5) is 17.7. The van der Waals surface area contributed by atoms with E-state index in [9.17, 15) is 9.00 Å². The van der Waals surface area contributed by atoms with Gasteiger partial charge in [0, 0.05) is 44.7 Å². The predicted molar refractivity (Wildman–Crippen MR) is 123 cm³/mol. The Labute approximate surface area is 182 Å². The molecule has 1 aliphatic heterocycles. The van der Waals surface area contributed by atoms with Crippen molar-refractivity contribution in [2.75, 3.05) is 32.7 Å². The first-order valence-corrected chi connectivity index (χ1v) is 12.3. The van der Waals surface area contributed by atoms with Crippen LogP contribution >= 0.6 is 0 Å². The number of carbonyl (C=O) groups excluding carboxylic acids is 1. The second-order valence-corrected chi connectivity index (χ2v) is 10.4. The summed E-state index contributed by atoms with van der Waals surface area (Å²) in [5.74, 6) is 2.68. The van der Waals surface area contributed by atoms with Crippen molar-refractivity contribution in [3.05, 3.63) is 30.3 Å². The summed E-state index contributed by atoms with van der Waals surface area (Å²) in [6.07, 6.45) is 8.23. The van der Waals surface area contributed by atoms with Crippen molar-refractivity contribution in [3.63, 3.8) is 0 Å². The molecule has 2 rings (SSSR count). The summed E-state index contributed by atoms with van der Waals surface area (Å²) < 4.78 is 20.4. The molecule has 1 aromatic rings. The van der Waals surface area contributed by atoms with E-state index < -0.39 is 15.9 Å². The minimum atomic E-state index is -3.02. The SMILES string of the molecule is C#CCCCCN1CCN([S@@](=O)(=NC(=O)N(C(C)C)C(C)C)c2ccccc2)CC1. The molecule has 6 nitrogen and oxygen atoms in total. The van der Waals surface area contributed by atoms with Gasteiger partial charge in [0.2, 0.25) is 0 Å². The fourth-order valence-corrected chi connectivity index (χ4v) is 5.81. The molecule has 166 valence electrons. The molecule has 0 saturated carbocycles. The number of unbranched alkanes of at least 4 members (excludes halogenated alkanes) is 2. The second-order valence-electron chi connectivity index (χ2n) is 8.21. The third-order valence-corrected chi connectivity index (χ3v) is 7.67. The maximum Gasteiger partial charge on any atom is 0.353 e. The van der Waals surface area contributed by atoms with Crippen molar-refractivity contribution in [1.82, 2.24) is 14.1 Å². The van der Waals surface area contributed by atoms with Gasteiger partial charge in [-0.3, -0.25) is 0 Å². The lowest BCUT2D eigenvalue weighted by molar-refractivity contribution is 0.174. The molecule has 1 aliphatic rings. The van der Waals surface area contributed by atoms with Gasteiger partial charge < -0.3 is 9.80 Å². The molecule has 1 fully saturated rings. The first kappa shape index (κ1) is 24.4. The number of urea groups is 1. The molecule has 0 aromatic heterocycles. The molecule has 7 heteroatoms. The first-order valence-electron chi connectivity index (χ1n) is 10.8. The molecule has 1 aromatic carbocycles. The topological polar surface area (TPSA) is 56.2 Å². The summed E-state index contributed by atoms with van der Waals surface area (Å²) in [6.45, 7) is 11.7. The van der Waals surface area contributed by atoms with Crippen LogP contribution in [0.25, 0.3) is 0 Å². The number of piperazine rings is 1. The molecule has 30 heavy (non-hydrogen) atoms. The van der Waals surface area contributed by atoms with Gasteiger partial charge in [0.1, 0.15) is 9.92 Å². The molecule has 1 saturated heterocycles. The number of amides is 2. The Morgan fingerprint density at radius 1 is 1.10 bits per heavy atom. The van der Waals surface area contributed by atoms with Crippen LogP contribution in [0, 0.1) is 12.3 Å². The molecule has 0 spiro atoms. The van der Waals surface area contributed by atoms with Crippen molar-refractivity contribution < 1.29 is 9.00 Å². The van der Waals surface area contributed by atoms with E-state index in [0.717, 1.165) is 38.9 Å². The minimum absolute atomic E-state index is 0.0134. The van der Waals surface area contributed by atoms with E-state index in [0.29, 0.717) is 18.0 Å². The number of benzene rings is 1. The zero-order valence-corrected chi connectivity index (χ0v) is 19.6. The summed E-state index contributed by atoms with van der Waals surface area (Å²) in [6, 6.07) is 8.75. The van der Waals surface area contributed by atoms with Gasteiger partial charge in [0.15, 0.2) is 0 Å². The predicted octanol–water partition coefficient (Wildman–Crippen LogP) is 4.09. The van der Waals surface area contributed by atoms with Gasteiger partial charge in [-0.2, -0.15) is 0 Å². The number of nitrogens with zero attached hydrogens (tertiary/aromatic N) is 4. The average Bonchev–Trinajstić information content (AvgIpc) is 2.71. The molecule has 0 radical (unpaired) electrons. The van der Waals surface area contributed by atoms with Crippen LogP contribution in [-0.4, -0.2) is 69.2 Å². The van der Waals surface area contributed by atoms with Crippen LogP contribution in [0.3, 0.4) is 0 Å². The molecule has 0 bridgehead atoms. The van der Waals surface area contributed by atoms with Crippen LogP contribution in [-0.2, 0) is 9.92 Å². The maximum atomic E-state index is 14.2. The quantitative estimate of drug-likeness (QED) is 0.459. The molecular formula is C23H36N4O2S. The summed E-state index contributed by atoms with van der Waals surface area (Å²) >= 11 is 0. The number of hydrogen-bond donors (Lipinski definition) is 0. The summed E-state index contributed by atoms with van der Waals surface area (Å²) in [5, 5.41) is 0. The Morgan fingerprint density at radius 2 is 1.70 bits per heavy atom. The van der Waals surface area contributed by atoms with E-state index in [1.807, 2.05) is 50.2 Å². The van der Waals surface area contributed by atoms with Crippen LogP contribution in [0.2, 0.25) is 0 Å². The monoisotopic (exact) mass is 432 g/mol. The van der Waals surface area contributed by atoms with Crippen LogP contribution in [0.4, 0.5) is 4.79 Å². The Bertz CT molecular complexity index is 823. The van der Waals surface area contributed by atoms with E-state index in [2.05, 4.69) is 15.2 Å². The maximum absolute atomic E-state index is 14.2. The second kappa shape index (κ2) is 11.5. The van der Waals surface area contributed by atoms with Gasteiger partial charge in [-0.05, 0) is 59.2 Å². The van der Waals surface area contributed by atoms with E-state index >= 15 is 0 Å². The van der Waals surface area contributed by atoms with Gasteiger partial charge in [-0.15, -0.1) is 16.7 Å². The zero-order valence-electron chi connectivity index (χ0n) is 18.8. The highest BCUT2D eigenvalue weighted by Crippen LogP contribution is 2.22.